The van der Waals surface area contributed by atoms with Crippen LogP contribution >= 0.6 is 0 Å². The van der Waals surface area contributed by atoms with Gasteiger partial charge in [0.25, 0.3) is 11.5 Å². The molecule has 0 spiro atoms. The Morgan fingerprint density at radius 2 is 1.88 bits per heavy atom. The fourth-order valence-electron chi connectivity index (χ4n) is 3.86. The lowest BCUT2D eigenvalue weighted by atomic mass is 10.1. The van der Waals surface area contributed by atoms with Crippen molar-refractivity contribution < 1.29 is 4.79 Å². The molecular formula is C25H27N5O3. The molecule has 8 nitrogen and oxygen atoms in total. The molecule has 33 heavy (non-hydrogen) atoms. The Hall–Kier alpha value is -3.94. The zero-order chi connectivity index (χ0) is 23.7. The van der Waals surface area contributed by atoms with Gasteiger partial charge in [-0.15, -0.1) is 5.10 Å². The van der Waals surface area contributed by atoms with Crippen LogP contribution < -0.4 is 16.6 Å². The number of aromatic nitrogens is 4. The van der Waals surface area contributed by atoms with Gasteiger partial charge in [0.15, 0.2) is 0 Å². The summed E-state index contributed by atoms with van der Waals surface area (Å²) >= 11 is 0. The van der Waals surface area contributed by atoms with Crippen LogP contribution in [0.25, 0.3) is 22.8 Å². The minimum atomic E-state index is -0.367. The molecule has 0 unspecified atom stereocenters. The maximum Gasteiger partial charge on any atom is 0.352 e. The van der Waals surface area contributed by atoms with Crippen molar-refractivity contribution in [3.63, 3.8) is 0 Å². The van der Waals surface area contributed by atoms with Gasteiger partial charge in [-0.05, 0) is 49.6 Å². The van der Waals surface area contributed by atoms with E-state index in [4.69, 9.17) is 0 Å². The lowest BCUT2D eigenvalue weighted by Crippen LogP contribution is -2.30. The summed E-state index contributed by atoms with van der Waals surface area (Å²) in [5.41, 5.74) is 2.03. The smallest absolute Gasteiger partial charge is 0.350 e. The molecule has 0 saturated heterocycles. The van der Waals surface area contributed by atoms with Gasteiger partial charge < -0.3 is 5.32 Å². The number of hydrogen-bond donors (Lipinski definition) is 1. The summed E-state index contributed by atoms with van der Waals surface area (Å²) in [7, 11) is 0. The Kier molecular flexibility index (Phi) is 6.00. The van der Waals surface area contributed by atoms with Crippen molar-refractivity contribution in [3.8, 4) is 0 Å². The standard InChI is InChI=1S/C25H27N5O3/c1-5-13-28-23(32)20-12-11-19(22(31)26-16(3)4)14-21(20)30-24(28)27-29(25(30)33)15-18-9-7-17(6-2)8-10-18/h6-12,14,16H,2,5,13,15H2,1,3-4H3,(H,26,31). The first-order valence-electron chi connectivity index (χ1n) is 11.0. The zero-order valence-electron chi connectivity index (χ0n) is 19.0. The normalized spacial score (nSPS) is 11.4. The van der Waals surface area contributed by atoms with Crippen LogP contribution in [0.5, 0.6) is 0 Å². The third-order valence-corrected chi connectivity index (χ3v) is 5.45. The van der Waals surface area contributed by atoms with Gasteiger partial charge >= 0.3 is 5.69 Å². The number of carbonyl (C=O) groups is 1. The van der Waals surface area contributed by atoms with Gasteiger partial charge in [-0.25, -0.2) is 13.9 Å². The molecule has 0 atom stereocenters. The lowest BCUT2D eigenvalue weighted by molar-refractivity contribution is 0.0943. The Morgan fingerprint density at radius 3 is 2.52 bits per heavy atom. The van der Waals surface area contributed by atoms with E-state index in [1.165, 1.54) is 13.6 Å². The number of nitrogens with zero attached hydrogens (tertiary/aromatic N) is 4. The van der Waals surface area contributed by atoms with E-state index in [9.17, 15) is 14.4 Å². The van der Waals surface area contributed by atoms with Crippen molar-refractivity contribution in [1.29, 1.82) is 0 Å². The van der Waals surface area contributed by atoms with Gasteiger partial charge in [0.05, 0.1) is 17.4 Å². The van der Waals surface area contributed by atoms with Crippen molar-refractivity contribution in [1.82, 2.24) is 24.1 Å². The van der Waals surface area contributed by atoms with Gasteiger partial charge in [0.2, 0.25) is 5.78 Å². The summed E-state index contributed by atoms with van der Waals surface area (Å²) in [5, 5.41) is 7.72. The molecule has 0 aliphatic carbocycles. The van der Waals surface area contributed by atoms with Crippen LogP contribution in [0.1, 0.15) is 48.7 Å². The first kappa shape index (κ1) is 22.3. The summed E-state index contributed by atoms with van der Waals surface area (Å²) in [5.74, 6) is 0.00372. The number of amides is 1. The molecule has 1 N–H and O–H groups in total. The van der Waals surface area contributed by atoms with Crippen LogP contribution in [0.2, 0.25) is 0 Å². The number of nitrogens with one attached hydrogen (secondary N) is 1. The molecule has 2 aromatic heterocycles. The van der Waals surface area contributed by atoms with Crippen molar-refractivity contribution in [3.05, 3.63) is 86.6 Å². The first-order valence-corrected chi connectivity index (χ1v) is 11.0. The highest BCUT2D eigenvalue weighted by Gasteiger charge is 2.19. The van der Waals surface area contributed by atoms with E-state index >= 15 is 0 Å². The molecule has 2 aromatic carbocycles. The molecule has 170 valence electrons. The maximum absolute atomic E-state index is 13.4. The summed E-state index contributed by atoms with van der Waals surface area (Å²) in [6, 6.07) is 12.4. The average Bonchev–Trinajstić information content (AvgIpc) is 3.12. The quantitative estimate of drug-likeness (QED) is 0.473. The lowest BCUT2D eigenvalue weighted by Gasteiger charge is -2.11. The number of fused-ring (bicyclic) bond motifs is 3. The predicted molar refractivity (Wildman–Crippen MR) is 130 cm³/mol. The molecule has 4 rings (SSSR count). The second-order valence-electron chi connectivity index (χ2n) is 8.34. The number of hydrogen-bond acceptors (Lipinski definition) is 4. The predicted octanol–water partition coefficient (Wildman–Crippen LogP) is 3.05. The summed E-state index contributed by atoms with van der Waals surface area (Å²) in [6.45, 7) is 10.1. The highest BCUT2D eigenvalue weighted by molar-refractivity contribution is 5.98. The second-order valence-corrected chi connectivity index (χ2v) is 8.34. The van der Waals surface area contributed by atoms with Gasteiger partial charge in [0.1, 0.15) is 0 Å². The average molecular weight is 446 g/mol. The van der Waals surface area contributed by atoms with Crippen LogP contribution in [0.4, 0.5) is 0 Å². The maximum atomic E-state index is 13.4. The third kappa shape index (κ3) is 4.11. The zero-order valence-corrected chi connectivity index (χ0v) is 19.0. The topological polar surface area (TPSA) is 90.4 Å². The van der Waals surface area contributed by atoms with Crippen LogP contribution in [0.15, 0.2) is 58.6 Å². The van der Waals surface area contributed by atoms with Crippen LogP contribution in [-0.4, -0.2) is 30.7 Å². The molecule has 4 aromatic rings. The fourth-order valence-corrected chi connectivity index (χ4v) is 3.86. The van der Waals surface area contributed by atoms with Crippen molar-refractivity contribution in [2.24, 2.45) is 0 Å². The minimum Gasteiger partial charge on any atom is -0.350 e. The fraction of sp³-hybridized carbons (Fsp3) is 0.280. The SMILES string of the molecule is C=Cc1ccc(Cn2nc3n(CCC)c(=O)c4ccc(C(=O)NC(C)C)cc4n3c2=O)cc1. The number of carbonyl (C=O) groups excluding carboxylic acids is 1. The summed E-state index contributed by atoms with van der Waals surface area (Å²) in [4.78, 5) is 39.2. The van der Waals surface area contributed by atoms with E-state index in [0.29, 0.717) is 29.4 Å². The molecule has 1 amide bonds. The highest BCUT2D eigenvalue weighted by atomic mass is 16.2. The van der Waals surface area contributed by atoms with E-state index in [0.717, 1.165) is 11.1 Å². The van der Waals surface area contributed by atoms with Crippen molar-refractivity contribution in [2.75, 3.05) is 0 Å². The molecule has 0 saturated carbocycles. The molecule has 0 aliphatic rings. The van der Waals surface area contributed by atoms with Crippen molar-refractivity contribution >= 4 is 28.7 Å². The molecule has 8 heteroatoms. The summed E-state index contributed by atoms with van der Waals surface area (Å²) < 4.78 is 4.30. The van der Waals surface area contributed by atoms with E-state index in [1.54, 1.807) is 24.3 Å². The van der Waals surface area contributed by atoms with Crippen LogP contribution in [-0.2, 0) is 13.1 Å². The third-order valence-electron chi connectivity index (χ3n) is 5.45. The Balaban J connectivity index is 1.94. The Bertz CT molecular complexity index is 1470. The molecule has 0 aliphatic heterocycles. The first-order chi connectivity index (χ1) is 15.8. The van der Waals surface area contributed by atoms with Crippen molar-refractivity contribution in [2.45, 2.75) is 46.3 Å². The van der Waals surface area contributed by atoms with Crippen LogP contribution in [0.3, 0.4) is 0 Å². The molecule has 0 radical (unpaired) electrons. The van der Waals surface area contributed by atoms with Gasteiger partial charge in [-0.2, -0.15) is 0 Å². The van der Waals surface area contributed by atoms with E-state index < -0.39 is 0 Å². The summed E-state index contributed by atoms with van der Waals surface area (Å²) in [6.07, 6.45) is 2.46. The Labute approximate surface area is 190 Å². The van der Waals surface area contributed by atoms with E-state index in [1.807, 2.05) is 45.0 Å². The number of rotatable bonds is 7. The molecule has 2 heterocycles. The van der Waals surface area contributed by atoms with Gasteiger partial charge in [-0.3, -0.25) is 14.2 Å². The molecule has 0 bridgehead atoms. The van der Waals surface area contributed by atoms with Gasteiger partial charge in [0, 0.05) is 18.2 Å². The van der Waals surface area contributed by atoms with Gasteiger partial charge in [-0.1, -0.05) is 43.8 Å². The number of benzene rings is 2. The number of aryl methyl sites for hydroxylation is 1. The molecular weight excluding hydrogens is 418 g/mol. The minimum absolute atomic E-state index is 0.0382. The monoisotopic (exact) mass is 445 g/mol. The molecule has 0 fully saturated rings. The van der Waals surface area contributed by atoms with E-state index in [-0.39, 0.29) is 35.5 Å². The van der Waals surface area contributed by atoms with E-state index in [2.05, 4.69) is 17.0 Å². The Morgan fingerprint density at radius 1 is 1.15 bits per heavy atom. The highest BCUT2D eigenvalue weighted by Crippen LogP contribution is 2.15. The van der Waals surface area contributed by atoms with Crippen LogP contribution in [0, 0.1) is 0 Å². The largest absolute Gasteiger partial charge is 0.352 e. The second kappa shape index (κ2) is 8.90.